The van der Waals surface area contributed by atoms with Crippen LogP contribution in [0, 0.1) is 11.8 Å². The van der Waals surface area contributed by atoms with Crippen molar-refractivity contribution in [3.63, 3.8) is 0 Å². The second-order valence-electron chi connectivity index (χ2n) is 8.91. The second kappa shape index (κ2) is 11.7. The van der Waals surface area contributed by atoms with Crippen LogP contribution in [0.15, 0.2) is 24.5 Å². The summed E-state index contributed by atoms with van der Waals surface area (Å²) in [6.45, 7) is 8.73. The Labute approximate surface area is 195 Å². The largest absolute Gasteiger partial charge is 0.431 e. The first-order valence-corrected chi connectivity index (χ1v) is 11.7. The van der Waals surface area contributed by atoms with E-state index in [4.69, 9.17) is 5.73 Å². The van der Waals surface area contributed by atoms with Crippen LogP contribution in [0.3, 0.4) is 0 Å². The van der Waals surface area contributed by atoms with Crippen LogP contribution in [0.1, 0.15) is 59.9 Å². The van der Waals surface area contributed by atoms with E-state index in [0.29, 0.717) is 17.8 Å². The number of nitrogens with two attached hydrogens (primary N) is 1. The van der Waals surface area contributed by atoms with Crippen LogP contribution in [-0.2, 0) is 0 Å². The molecule has 0 bridgehead atoms. The Bertz CT molecular complexity index is 864. The van der Waals surface area contributed by atoms with E-state index >= 15 is 0 Å². The molecule has 6 nitrogen and oxygen atoms in total. The molecule has 2 aromatic rings. The second-order valence-corrected chi connectivity index (χ2v) is 8.91. The quantitative estimate of drug-likeness (QED) is 0.554. The summed E-state index contributed by atoms with van der Waals surface area (Å²) in [5.74, 6) is 1.28. The lowest BCUT2D eigenvalue weighted by Gasteiger charge is -2.26. The van der Waals surface area contributed by atoms with E-state index in [1.165, 1.54) is 18.7 Å². The molecule has 0 radical (unpaired) electrons. The molecule has 33 heavy (non-hydrogen) atoms. The molecule has 0 saturated heterocycles. The van der Waals surface area contributed by atoms with Gasteiger partial charge in [0.15, 0.2) is 11.6 Å². The molecule has 0 spiro atoms. The third kappa shape index (κ3) is 7.62. The summed E-state index contributed by atoms with van der Waals surface area (Å²) in [4.78, 5) is 5.92. The van der Waals surface area contributed by atoms with Crippen molar-refractivity contribution in [1.29, 1.82) is 0 Å². The molecule has 2 heterocycles. The Kier molecular flexibility index (Phi) is 9.57. The monoisotopic (exact) mass is 469 g/mol. The number of ether oxygens (including phenoxy) is 1. The number of nitrogen functional groups attached to an aromatic ring is 1. The number of alkyl halides is 3. The van der Waals surface area contributed by atoms with E-state index in [1.807, 2.05) is 40.9 Å². The third-order valence-electron chi connectivity index (χ3n) is 5.95. The zero-order valence-corrected chi connectivity index (χ0v) is 20.6. The van der Waals surface area contributed by atoms with E-state index in [2.05, 4.69) is 26.6 Å². The van der Waals surface area contributed by atoms with Crippen molar-refractivity contribution in [3.8, 4) is 17.0 Å². The van der Waals surface area contributed by atoms with Crippen molar-refractivity contribution < 1.29 is 17.9 Å². The maximum atomic E-state index is 14.0. The number of nitrogens with zero attached hydrogens (tertiary/aromatic N) is 4. The molecule has 1 unspecified atom stereocenters. The zero-order chi connectivity index (χ0) is 24.8. The smallest absolute Gasteiger partial charge is 0.387 e. The van der Waals surface area contributed by atoms with Gasteiger partial charge in [0.1, 0.15) is 5.67 Å². The first kappa shape index (κ1) is 27.0. The molecule has 2 fully saturated rings. The van der Waals surface area contributed by atoms with Gasteiger partial charge in [0, 0.05) is 30.5 Å². The Morgan fingerprint density at radius 1 is 1.27 bits per heavy atom. The minimum atomic E-state index is -2.94. The third-order valence-corrected chi connectivity index (χ3v) is 5.95. The molecular formula is C24H38F3N5O. The Morgan fingerprint density at radius 2 is 1.91 bits per heavy atom. The van der Waals surface area contributed by atoms with Crippen LogP contribution >= 0.6 is 0 Å². The number of rotatable bonds is 7. The number of hydrogen-bond donors (Lipinski definition) is 1. The summed E-state index contributed by atoms with van der Waals surface area (Å²) >= 11 is 0. The van der Waals surface area contributed by atoms with Gasteiger partial charge in [-0.25, -0.2) is 9.37 Å². The number of anilines is 1. The first-order chi connectivity index (χ1) is 15.6. The van der Waals surface area contributed by atoms with E-state index in [-0.39, 0.29) is 17.6 Å². The van der Waals surface area contributed by atoms with Crippen LogP contribution in [0.2, 0.25) is 0 Å². The Morgan fingerprint density at radius 3 is 2.42 bits per heavy atom. The van der Waals surface area contributed by atoms with Crippen molar-refractivity contribution in [2.75, 3.05) is 25.9 Å². The standard InChI is InChI=1S/C12H14F2N4O.C10H18FN.C2H6/c1-7(2)18-4-3-9(17-18)8-5-10(19-12(13)14)11(15)16-6-8;1-3-12(2)7-10(11)5-8-4-9(8)6-10;1-2/h3-7,12H,1-2H3,(H2,15,16);8-9H,3-7H2,1-2H3;1-2H3/t;8-,9+,10?;. The molecule has 2 N–H and O–H groups in total. The highest BCUT2D eigenvalue weighted by atomic mass is 19.3. The van der Waals surface area contributed by atoms with E-state index < -0.39 is 12.3 Å². The maximum absolute atomic E-state index is 14.0. The summed E-state index contributed by atoms with van der Waals surface area (Å²) in [6.07, 6.45) is 6.26. The van der Waals surface area contributed by atoms with Crippen molar-refractivity contribution in [1.82, 2.24) is 19.7 Å². The maximum Gasteiger partial charge on any atom is 0.387 e. The molecule has 186 valence electrons. The summed E-state index contributed by atoms with van der Waals surface area (Å²) < 4.78 is 44.5. The molecule has 3 atom stereocenters. The molecular weight excluding hydrogens is 431 g/mol. The van der Waals surface area contributed by atoms with Crippen LogP contribution in [0.25, 0.3) is 11.3 Å². The van der Waals surface area contributed by atoms with Gasteiger partial charge in [0.25, 0.3) is 0 Å². The predicted octanol–water partition coefficient (Wildman–Crippen LogP) is 5.81. The average molecular weight is 470 g/mol. The molecule has 4 rings (SSSR count). The minimum Gasteiger partial charge on any atom is -0.431 e. The zero-order valence-electron chi connectivity index (χ0n) is 20.6. The molecule has 0 amide bonds. The van der Waals surface area contributed by atoms with Crippen molar-refractivity contribution in [2.45, 2.75) is 72.2 Å². The van der Waals surface area contributed by atoms with Gasteiger partial charge in [-0.05, 0) is 70.7 Å². The average Bonchev–Trinajstić information content (AvgIpc) is 3.16. The number of pyridine rings is 1. The number of halogens is 3. The van der Waals surface area contributed by atoms with E-state index in [1.54, 1.807) is 10.7 Å². The highest BCUT2D eigenvalue weighted by molar-refractivity contribution is 5.63. The molecule has 2 aromatic heterocycles. The van der Waals surface area contributed by atoms with Gasteiger partial charge in [0.2, 0.25) is 0 Å². The van der Waals surface area contributed by atoms with Crippen molar-refractivity contribution in [2.24, 2.45) is 11.8 Å². The summed E-state index contributed by atoms with van der Waals surface area (Å²) in [5.41, 5.74) is 5.84. The van der Waals surface area contributed by atoms with Gasteiger partial charge in [-0.3, -0.25) is 4.68 Å². The fraction of sp³-hybridized carbons (Fsp3) is 0.667. The molecule has 2 aliphatic carbocycles. The lowest BCUT2D eigenvalue weighted by Crippen LogP contribution is -2.36. The number of aromatic nitrogens is 3. The highest BCUT2D eigenvalue weighted by Crippen LogP contribution is 2.57. The molecule has 9 heteroatoms. The summed E-state index contributed by atoms with van der Waals surface area (Å²) in [6, 6.07) is 3.40. The van der Waals surface area contributed by atoms with E-state index in [9.17, 15) is 13.2 Å². The Hall–Kier alpha value is -2.29. The molecule has 0 aliphatic heterocycles. The Balaban J connectivity index is 0.000000236. The van der Waals surface area contributed by atoms with Gasteiger partial charge in [-0.1, -0.05) is 20.8 Å². The van der Waals surface area contributed by atoms with Crippen LogP contribution in [0.4, 0.5) is 19.0 Å². The number of fused-ring (bicyclic) bond motifs is 1. The summed E-state index contributed by atoms with van der Waals surface area (Å²) in [5, 5.41) is 4.32. The van der Waals surface area contributed by atoms with Crippen molar-refractivity contribution in [3.05, 3.63) is 24.5 Å². The normalized spacial score (nSPS) is 23.0. The highest BCUT2D eigenvalue weighted by Gasteiger charge is 2.54. The van der Waals surface area contributed by atoms with Gasteiger partial charge in [-0.15, -0.1) is 0 Å². The fourth-order valence-electron chi connectivity index (χ4n) is 4.12. The van der Waals surface area contributed by atoms with Gasteiger partial charge < -0.3 is 15.4 Å². The molecule has 0 aromatic carbocycles. The fourth-order valence-corrected chi connectivity index (χ4v) is 4.12. The summed E-state index contributed by atoms with van der Waals surface area (Å²) in [7, 11) is 2.01. The van der Waals surface area contributed by atoms with Crippen molar-refractivity contribution >= 4 is 5.82 Å². The van der Waals surface area contributed by atoms with Crippen LogP contribution < -0.4 is 10.5 Å². The minimum absolute atomic E-state index is 0.0765. The van der Waals surface area contributed by atoms with Crippen LogP contribution in [-0.4, -0.2) is 52.1 Å². The van der Waals surface area contributed by atoms with Gasteiger partial charge in [-0.2, -0.15) is 13.9 Å². The lowest BCUT2D eigenvalue weighted by atomic mass is 9.99. The first-order valence-electron chi connectivity index (χ1n) is 11.7. The molecule has 2 saturated carbocycles. The molecule has 2 aliphatic rings. The topological polar surface area (TPSA) is 69.2 Å². The predicted molar refractivity (Wildman–Crippen MR) is 126 cm³/mol. The lowest BCUT2D eigenvalue weighted by molar-refractivity contribution is -0.0494. The number of hydrogen-bond acceptors (Lipinski definition) is 5. The van der Waals surface area contributed by atoms with E-state index in [0.717, 1.165) is 31.2 Å². The van der Waals surface area contributed by atoms with Crippen LogP contribution in [0.5, 0.6) is 5.75 Å². The van der Waals surface area contributed by atoms with Gasteiger partial charge in [0.05, 0.1) is 5.69 Å². The SMILES string of the molecule is CC.CC(C)n1ccc(-c2cnc(N)c(OC(F)F)c2)n1.CCN(C)CC1(F)C[C@H]2C[C@H]2C1. The van der Waals surface area contributed by atoms with Gasteiger partial charge >= 0.3 is 6.61 Å².